The van der Waals surface area contributed by atoms with Crippen molar-refractivity contribution in [1.29, 1.82) is 5.26 Å². The van der Waals surface area contributed by atoms with E-state index >= 15 is 0 Å². The average molecular weight is 256 g/mol. The second kappa shape index (κ2) is 6.73. The van der Waals surface area contributed by atoms with Gasteiger partial charge in [-0.05, 0) is 62.4 Å². The topological polar surface area (TPSA) is 27.0 Å². The summed E-state index contributed by atoms with van der Waals surface area (Å²) in [6.45, 7) is 6.87. The Hall–Kier alpha value is -1.33. The van der Waals surface area contributed by atoms with Crippen LogP contribution < -0.4 is 0 Å². The minimum absolute atomic E-state index is 0.627. The lowest BCUT2D eigenvalue weighted by Crippen LogP contribution is -2.40. The van der Waals surface area contributed by atoms with E-state index in [1.54, 1.807) is 0 Å². The zero-order valence-corrected chi connectivity index (χ0v) is 12.2. The Labute approximate surface area is 117 Å². The molecule has 1 aromatic rings. The minimum atomic E-state index is 0.627. The summed E-state index contributed by atoms with van der Waals surface area (Å²) in [6, 6.07) is 9.16. The van der Waals surface area contributed by atoms with Crippen LogP contribution in [-0.2, 0) is 12.8 Å². The standard InChI is InChI=1S/C17H24N2/c1-3-10-19(11-4-2)16-9-8-14-6-5-7-15(13-18)17(14)12-16/h5-7,16H,3-4,8-12H2,1-2H3/t16-/m0/s1. The predicted molar refractivity (Wildman–Crippen MR) is 79.1 cm³/mol. The van der Waals surface area contributed by atoms with Crippen molar-refractivity contribution >= 4 is 0 Å². The number of hydrogen-bond acceptors (Lipinski definition) is 2. The van der Waals surface area contributed by atoms with Gasteiger partial charge in [-0.15, -0.1) is 0 Å². The molecule has 19 heavy (non-hydrogen) atoms. The lowest BCUT2D eigenvalue weighted by Gasteiger charge is -2.35. The Morgan fingerprint density at radius 2 is 2.00 bits per heavy atom. The van der Waals surface area contributed by atoms with Gasteiger partial charge < -0.3 is 4.90 Å². The highest BCUT2D eigenvalue weighted by Gasteiger charge is 2.24. The van der Waals surface area contributed by atoms with E-state index in [0.717, 1.165) is 18.4 Å². The highest BCUT2D eigenvalue weighted by molar-refractivity contribution is 5.44. The maximum absolute atomic E-state index is 9.26. The predicted octanol–water partition coefficient (Wildman–Crippen LogP) is 3.54. The van der Waals surface area contributed by atoms with Crippen molar-refractivity contribution in [2.24, 2.45) is 0 Å². The monoisotopic (exact) mass is 256 g/mol. The Morgan fingerprint density at radius 1 is 1.26 bits per heavy atom. The van der Waals surface area contributed by atoms with E-state index in [2.05, 4.69) is 30.9 Å². The van der Waals surface area contributed by atoms with Gasteiger partial charge in [-0.2, -0.15) is 5.26 Å². The van der Waals surface area contributed by atoms with Crippen LogP contribution in [0.15, 0.2) is 18.2 Å². The van der Waals surface area contributed by atoms with Crippen LogP contribution in [0.4, 0.5) is 0 Å². The molecular formula is C17H24N2. The minimum Gasteiger partial charge on any atom is -0.300 e. The second-order valence-corrected chi connectivity index (χ2v) is 5.49. The highest BCUT2D eigenvalue weighted by atomic mass is 15.1. The molecule has 0 spiro atoms. The molecule has 0 amide bonds. The van der Waals surface area contributed by atoms with Crippen LogP contribution in [-0.4, -0.2) is 24.0 Å². The first-order valence-electron chi connectivity index (χ1n) is 7.55. The molecule has 2 heteroatoms. The molecule has 0 heterocycles. The maximum Gasteiger partial charge on any atom is 0.0994 e. The number of rotatable bonds is 5. The van der Waals surface area contributed by atoms with E-state index < -0.39 is 0 Å². The third-order valence-electron chi connectivity index (χ3n) is 4.12. The van der Waals surface area contributed by atoms with Gasteiger partial charge in [-0.3, -0.25) is 0 Å². The summed E-state index contributed by atoms with van der Waals surface area (Å²) in [7, 11) is 0. The van der Waals surface area contributed by atoms with Crippen molar-refractivity contribution in [3.05, 3.63) is 34.9 Å². The van der Waals surface area contributed by atoms with Crippen LogP contribution in [0.25, 0.3) is 0 Å². The quantitative estimate of drug-likeness (QED) is 0.805. The fourth-order valence-corrected chi connectivity index (χ4v) is 3.24. The van der Waals surface area contributed by atoms with E-state index in [4.69, 9.17) is 0 Å². The Balaban J connectivity index is 2.18. The molecule has 1 aliphatic carbocycles. The van der Waals surface area contributed by atoms with Gasteiger partial charge in [0.25, 0.3) is 0 Å². The van der Waals surface area contributed by atoms with Crippen molar-refractivity contribution < 1.29 is 0 Å². The van der Waals surface area contributed by atoms with Crippen molar-refractivity contribution in [3.63, 3.8) is 0 Å². The van der Waals surface area contributed by atoms with Crippen LogP contribution in [0.2, 0.25) is 0 Å². The molecule has 0 saturated heterocycles. The fourth-order valence-electron chi connectivity index (χ4n) is 3.24. The lowest BCUT2D eigenvalue weighted by molar-refractivity contribution is 0.180. The van der Waals surface area contributed by atoms with Gasteiger partial charge in [-0.25, -0.2) is 0 Å². The molecule has 102 valence electrons. The molecule has 1 aliphatic rings. The first-order valence-corrected chi connectivity index (χ1v) is 7.55. The van der Waals surface area contributed by atoms with Crippen molar-refractivity contribution in [2.45, 2.75) is 52.0 Å². The van der Waals surface area contributed by atoms with Crippen LogP contribution >= 0.6 is 0 Å². The SMILES string of the molecule is CCCN(CCC)[C@H]1CCc2cccc(C#N)c2C1. The van der Waals surface area contributed by atoms with Gasteiger partial charge in [0.2, 0.25) is 0 Å². The molecule has 0 N–H and O–H groups in total. The number of nitriles is 1. The molecule has 0 bridgehead atoms. The maximum atomic E-state index is 9.26. The smallest absolute Gasteiger partial charge is 0.0994 e. The largest absolute Gasteiger partial charge is 0.300 e. The lowest BCUT2D eigenvalue weighted by atomic mass is 9.85. The molecule has 0 unspecified atom stereocenters. The molecule has 2 nitrogen and oxygen atoms in total. The van der Waals surface area contributed by atoms with Gasteiger partial charge in [0.05, 0.1) is 11.6 Å². The van der Waals surface area contributed by atoms with Crippen molar-refractivity contribution in [1.82, 2.24) is 4.90 Å². The Morgan fingerprint density at radius 3 is 2.63 bits per heavy atom. The summed E-state index contributed by atoms with van der Waals surface area (Å²) in [5, 5.41) is 9.26. The Bertz CT molecular complexity index is 453. The third-order valence-corrected chi connectivity index (χ3v) is 4.12. The first kappa shape index (κ1) is 14.1. The summed E-state index contributed by atoms with van der Waals surface area (Å²) >= 11 is 0. The zero-order valence-electron chi connectivity index (χ0n) is 12.2. The summed E-state index contributed by atoms with van der Waals surface area (Å²) in [4.78, 5) is 2.62. The number of fused-ring (bicyclic) bond motifs is 1. The van der Waals surface area contributed by atoms with E-state index in [0.29, 0.717) is 6.04 Å². The van der Waals surface area contributed by atoms with E-state index in [-0.39, 0.29) is 0 Å². The molecule has 0 fully saturated rings. The second-order valence-electron chi connectivity index (χ2n) is 5.49. The summed E-state index contributed by atoms with van der Waals surface area (Å²) in [5.41, 5.74) is 3.58. The number of aryl methyl sites for hydroxylation is 1. The van der Waals surface area contributed by atoms with Gasteiger partial charge in [0.15, 0.2) is 0 Å². The summed E-state index contributed by atoms with van der Waals surface area (Å²) < 4.78 is 0. The van der Waals surface area contributed by atoms with Gasteiger partial charge in [0, 0.05) is 6.04 Å². The third kappa shape index (κ3) is 3.16. The van der Waals surface area contributed by atoms with E-state index in [9.17, 15) is 5.26 Å². The van der Waals surface area contributed by atoms with Gasteiger partial charge in [-0.1, -0.05) is 26.0 Å². The fraction of sp³-hybridized carbons (Fsp3) is 0.588. The van der Waals surface area contributed by atoms with Gasteiger partial charge in [0.1, 0.15) is 0 Å². The molecule has 0 saturated carbocycles. The zero-order chi connectivity index (χ0) is 13.7. The highest BCUT2D eigenvalue weighted by Crippen LogP contribution is 2.27. The first-order chi connectivity index (χ1) is 9.30. The summed E-state index contributed by atoms with van der Waals surface area (Å²) in [5.74, 6) is 0. The molecule has 0 aliphatic heterocycles. The van der Waals surface area contributed by atoms with E-state index in [1.807, 2.05) is 12.1 Å². The van der Waals surface area contributed by atoms with Crippen LogP contribution in [0.1, 0.15) is 49.8 Å². The number of hydrogen-bond donors (Lipinski definition) is 0. The average Bonchev–Trinajstić information content (AvgIpc) is 2.46. The number of nitrogens with zero attached hydrogens (tertiary/aromatic N) is 2. The molecular weight excluding hydrogens is 232 g/mol. The van der Waals surface area contributed by atoms with Crippen LogP contribution in [0.5, 0.6) is 0 Å². The van der Waals surface area contributed by atoms with Crippen LogP contribution in [0.3, 0.4) is 0 Å². The Kier molecular flexibility index (Phi) is 4.99. The van der Waals surface area contributed by atoms with Gasteiger partial charge >= 0.3 is 0 Å². The van der Waals surface area contributed by atoms with Crippen LogP contribution in [0, 0.1) is 11.3 Å². The van der Waals surface area contributed by atoms with E-state index in [1.165, 1.54) is 43.5 Å². The number of benzene rings is 1. The molecule has 2 rings (SSSR count). The van der Waals surface area contributed by atoms with Crippen molar-refractivity contribution in [2.75, 3.05) is 13.1 Å². The molecule has 0 radical (unpaired) electrons. The molecule has 1 aromatic carbocycles. The summed E-state index contributed by atoms with van der Waals surface area (Å²) in [6.07, 6.45) is 5.84. The normalized spacial score (nSPS) is 18.1. The molecule has 0 aromatic heterocycles. The molecule has 1 atom stereocenters. The van der Waals surface area contributed by atoms with Crippen molar-refractivity contribution in [3.8, 4) is 6.07 Å².